The monoisotopic (exact) mass is 320 g/mol. The third-order valence-corrected chi connectivity index (χ3v) is 4.03. The topological polar surface area (TPSA) is 71.3 Å². The van der Waals surface area contributed by atoms with Crippen molar-refractivity contribution >= 4 is 17.5 Å². The van der Waals surface area contributed by atoms with Gasteiger partial charge in [-0.25, -0.2) is 0 Å². The van der Waals surface area contributed by atoms with E-state index in [0.29, 0.717) is 18.4 Å². The van der Waals surface area contributed by atoms with E-state index in [2.05, 4.69) is 21.5 Å². The number of hydrogen-bond acceptors (Lipinski definition) is 5. The maximum Gasteiger partial charge on any atom is 0.264 e. The molecule has 0 fully saturated rings. The summed E-state index contributed by atoms with van der Waals surface area (Å²) >= 11 is 0. The van der Waals surface area contributed by atoms with Crippen LogP contribution in [0.25, 0.3) is 11.5 Å². The predicted octanol–water partition coefficient (Wildman–Crippen LogP) is 2.74. The quantitative estimate of drug-likeness (QED) is 0.800. The first-order valence-corrected chi connectivity index (χ1v) is 7.82. The molecule has 1 N–H and O–H groups in total. The molecule has 0 atom stereocenters. The fourth-order valence-corrected chi connectivity index (χ4v) is 2.84. The lowest BCUT2D eigenvalue weighted by atomic mass is 10.2. The third-order valence-electron chi connectivity index (χ3n) is 4.03. The van der Waals surface area contributed by atoms with E-state index in [0.717, 1.165) is 17.7 Å². The molecule has 6 nitrogen and oxygen atoms in total. The van der Waals surface area contributed by atoms with E-state index in [1.165, 1.54) is 5.56 Å². The van der Waals surface area contributed by atoms with Crippen LogP contribution in [0, 0.1) is 0 Å². The molecule has 0 saturated carbocycles. The molecule has 0 aliphatic carbocycles. The van der Waals surface area contributed by atoms with Crippen molar-refractivity contribution in [3.63, 3.8) is 0 Å². The van der Waals surface area contributed by atoms with Gasteiger partial charge in [0, 0.05) is 17.8 Å². The van der Waals surface area contributed by atoms with Crippen LogP contribution in [0.5, 0.6) is 0 Å². The minimum atomic E-state index is -0.00832. The average molecular weight is 320 g/mol. The number of anilines is 2. The maximum atomic E-state index is 12.4. The molecule has 1 amide bonds. The highest BCUT2D eigenvalue weighted by atomic mass is 16.5. The van der Waals surface area contributed by atoms with Gasteiger partial charge in [-0.3, -0.25) is 4.79 Å². The normalized spacial score (nSPS) is 12.9. The minimum absolute atomic E-state index is 0.00832. The molecule has 120 valence electrons. The molecule has 4 rings (SSSR count). The van der Waals surface area contributed by atoms with Gasteiger partial charge in [-0.05, 0) is 35.3 Å². The van der Waals surface area contributed by atoms with Gasteiger partial charge in [0.05, 0.1) is 6.54 Å². The second kappa shape index (κ2) is 6.16. The summed E-state index contributed by atoms with van der Waals surface area (Å²) in [4.78, 5) is 18.5. The van der Waals surface area contributed by atoms with Gasteiger partial charge < -0.3 is 14.7 Å². The van der Waals surface area contributed by atoms with Crippen LogP contribution in [-0.2, 0) is 11.2 Å². The zero-order chi connectivity index (χ0) is 16.4. The molecule has 0 saturated heterocycles. The predicted molar refractivity (Wildman–Crippen MR) is 90.7 cm³/mol. The first-order chi connectivity index (χ1) is 11.8. The Morgan fingerprint density at radius 1 is 1.12 bits per heavy atom. The van der Waals surface area contributed by atoms with E-state index in [4.69, 9.17) is 4.52 Å². The minimum Gasteiger partial charge on any atom is -0.342 e. The van der Waals surface area contributed by atoms with Crippen molar-refractivity contribution in [2.45, 2.75) is 6.42 Å². The van der Waals surface area contributed by atoms with Gasteiger partial charge in [0.15, 0.2) is 0 Å². The summed E-state index contributed by atoms with van der Waals surface area (Å²) in [5.74, 6) is 0.734. The lowest BCUT2D eigenvalue weighted by molar-refractivity contribution is -0.116. The fraction of sp³-hybridized carbons (Fsp3) is 0.167. The summed E-state index contributed by atoms with van der Waals surface area (Å²) in [5, 5.41) is 6.80. The summed E-state index contributed by atoms with van der Waals surface area (Å²) in [6, 6.07) is 17.5. The van der Waals surface area contributed by atoms with Crippen LogP contribution in [0.15, 0.2) is 59.1 Å². The van der Waals surface area contributed by atoms with Gasteiger partial charge in [-0.2, -0.15) is 4.98 Å². The zero-order valence-electron chi connectivity index (χ0n) is 13.0. The van der Waals surface area contributed by atoms with Crippen molar-refractivity contribution in [3.05, 3.63) is 60.2 Å². The zero-order valence-corrected chi connectivity index (χ0v) is 13.0. The molecule has 0 spiro atoms. The Hall–Kier alpha value is -3.15. The number of fused-ring (bicyclic) bond motifs is 1. The smallest absolute Gasteiger partial charge is 0.264 e. The number of benzene rings is 2. The summed E-state index contributed by atoms with van der Waals surface area (Å²) in [7, 11) is 0. The second-order valence-corrected chi connectivity index (χ2v) is 5.57. The van der Waals surface area contributed by atoms with Crippen molar-refractivity contribution in [2.24, 2.45) is 0 Å². The maximum absolute atomic E-state index is 12.4. The number of nitrogens with one attached hydrogen (secondary N) is 1. The number of nitrogens with zero attached hydrogens (tertiary/aromatic N) is 3. The van der Waals surface area contributed by atoms with Crippen LogP contribution in [0.3, 0.4) is 0 Å². The lowest BCUT2D eigenvalue weighted by Gasteiger charge is -2.17. The van der Waals surface area contributed by atoms with Crippen molar-refractivity contribution in [2.75, 3.05) is 23.3 Å². The van der Waals surface area contributed by atoms with Crippen LogP contribution in [0.2, 0.25) is 0 Å². The standard InChI is InChI=1S/C18H16N4O2/c23-16(22-11-10-13-6-4-5-9-15(13)22)12-19-18-20-17(24-21-18)14-7-2-1-3-8-14/h1-9H,10-12H2,(H,19,21). The van der Waals surface area contributed by atoms with Gasteiger partial charge in [0.2, 0.25) is 5.91 Å². The Balaban J connectivity index is 1.41. The molecule has 1 aliphatic rings. The molecule has 3 aromatic rings. The third kappa shape index (κ3) is 2.74. The highest BCUT2D eigenvalue weighted by Gasteiger charge is 2.24. The van der Waals surface area contributed by atoms with E-state index in [1.54, 1.807) is 4.90 Å². The SMILES string of the molecule is O=C(CNc1noc(-c2ccccc2)n1)N1CCc2ccccc21. The highest BCUT2D eigenvalue weighted by Crippen LogP contribution is 2.27. The van der Waals surface area contributed by atoms with Gasteiger partial charge in [0.25, 0.3) is 11.8 Å². The van der Waals surface area contributed by atoms with Crippen LogP contribution >= 0.6 is 0 Å². The van der Waals surface area contributed by atoms with Gasteiger partial charge in [0.1, 0.15) is 0 Å². The fourth-order valence-electron chi connectivity index (χ4n) is 2.84. The first-order valence-electron chi connectivity index (χ1n) is 7.82. The lowest BCUT2D eigenvalue weighted by Crippen LogP contribution is -2.34. The molecule has 1 aliphatic heterocycles. The number of carbonyl (C=O) groups excluding carboxylic acids is 1. The van der Waals surface area contributed by atoms with E-state index in [1.807, 2.05) is 48.5 Å². The molecule has 0 bridgehead atoms. The number of hydrogen-bond donors (Lipinski definition) is 1. The Bertz CT molecular complexity index is 860. The largest absolute Gasteiger partial charge is 0.342 e. The Morgan fingerprint density at radius 2 is 1.92 bits per heavy atom. The van der Waals surface area contributed by atoms with Crippen molar-refractivity contribution in [1.82, 2.24) is 10.1 Å². The highest BCUT2D eigenvalue weighted by molar-refractivity contribution is 5.97. The number of rotatable bonds is 4. The number of para-hydroxylation sites is 1. The molecule has 0 radical (unpaired) electrons. The molecular formula is C18H16N4O2. The summed E-state index contributed by atoms with van der Waals surface area (Å²) in [6.07, 6.45) is 0.891. The Kier molecular flexibility index (Phi) is 3.70. The summed E-state index contributed by atoms with van der Waals surface area (Å²) in [6.45, 7) is 0.837. The van der Waals surface area contributed by atoms with Crippen LogP contribution in [0.1, 0.15) is 5.56 Å². The molecule has 1 aromatic heterocycles. The van der Waals surface area contributed by atoms with Crippen molar-refractivity contribution in [3.8, 4) is 11.5 Å². The molecule has 0 unspecified atom stereocenters. The number of amides is 1. The molecular weight excluding hydrogens is 304 g/mol. The second-order valence-electron chi connectivity index (χ2n) is 5.57. The van der Waals surface area contributed by atoms with E-state index in [9.17, 15) is 4.79 Å². The Morgan fingerprint density at radius 3 is 2.79 bits per heavy atom. The first kappa shape index (κ1) is 14.4. The molecule has 2 heterocycles. The molecule has 6 heteroatoms. The van der Waals surface area contributed by atoms with Crippen molar-refractivity contribution < 1.29 is 9.32 Å². The van der Waals surface area contributed by atoms with Crippen LogP contribution < -0.4 is 10.2 Å². The van der Waals surface area contributed by atoms with Gasteiger partial charge in [-0.15, -0.1) is 0 Å². The summed E-state index contributed by atoms with van der Waals surface area (Å²) in [5.41, 5.74) is 3.04. The summed E-state index contributed by atoms with van der Waals surface area (Å²) < 4.78 is 5.22. The van der Waals surface area contributed by atoms with E-state index in [-0.39, 0.29) is 12.5 Å². The van der Waals surface area contributed by atoms with Gasteiger partial charge >= 0.3 is 0 Å². The number of carbonyl (C=O) groups is 1. The molecule has 2 aromatic carbocycles. The molecule has 24 heavy (non-hydrogen) atoms. The van der Waals surface area contributed by atoms with E-state index < -0.39 is 0 Å². The van der Waals surface area contributed by atoms with Crippen molar-refractivity contribution in [1.29, 1.82) is 0 Å². The van der Waals surface area contributed by atoms with E-state index >= 15 is 0 Å². The Labute approximate surface area is 139 Å². The van der Waals surface area contributed by atoms with Gasteiger partial charge in [-0.1, -0.05) is 36.4 Å². The average Bonchev–Trinajstić information content (AvgIpc) is 3.27. The van der Waals surface area contributed by atoms with Crippen LogP contribution in [-0.4, -0.2) is 29.1 Å². The number of aromatic nitrogens is 2. The van der Waals surface area contributed by atoms with Crippen LogP contribution in [0.4, 0.5) is 11.6 Å².